The van der Waals surface area contributed by atoms with Gasteiger partial charge in [-0.05, 0) is 41.0 Å². The van der Waals surface area contributed by atoms with Crippen LogP contribution < -0.4 is 19.9 Å². The number of rotatable bonds is 7. The molecular weight excluding hydrogens is 535 g/mol. The SMILES string of the molecule is CC(C)CCNC(=O)c1cnc(N2CCC3(CC2)CCN(Cc2ccc(C(C)(C)C)cc2)c2cccc(F)c2O3)s1. The molecule has 0 bridgehead atoms. The fourth-order valence-electron chi connectivity index (χ4n) is 5.60. The van der Waals surface area contributed by atoms with Crippen molar-refractivity contribution in [2.75, 3.05) is 36.0 Å². The fraction of sp³-hybridized carbons (Fsp3) is 0.515. The second kappa shape index (κ2) is 12.0. The van der Waals surface area contributed by atoms with Gasteiger partial charge in [0.15, 0.2) is 16.7 Å². The lowest BCUT2D eigenvalue weighted by Gasteiger charge is -2.41. The Morgan fingerprint density at radius 2 is 1.80 bits per heavy atom. The second-order valence-electron chi connectivity index (χ2n) is 12.9. The molecule has 1 saturated heterocycles. The molecule has 8 heteroatoms. The van der Waals surface area contributed by atoms with E-state index in [1.807, 2.05) is 6.07 Å². The lowest BCUT2D eigenvalue weighted by molar-refractivity contribution is 0.0375. The highest BCUT2D eigenvalue weighted by molar-refractivity contribution is 7.17. The van der Waals surface area contributed by atoms with Crippen molar-refractivity contribution in [1.29, 1.82) is 0 Å². The Kier molecular flexibility index (Phi) is 8.60. The average molecular weight is 579 g/mol. The number of aromatic nitrogens is 1. The van der Waals surface area contributed by atoms with Gasteiger partial charge >= 0.3 is 0 Å². The first-order valence-corrected chi connectivity index (χ1v) is 15.7. The molecule has 1 amide bonds. The van der Waals surface area contributed by atoms with E-state index in [0.29, 0.717) is 29.6 Å². The van der Waals surface area contributed by atoms with Crippen LogP contribution in [0.25, 0.3) is 0 Å². The predicted molar refractivity (Wildman–Crippen MR) is 166 cm³/mol. The van der Waals surface area contributed by atoms with Crippen LogP contribution in [0.2, 0.25) is 0 Å². The van der Waals surface area contributed by atoms with Crippen molar-refractivity contribution in [2.45, 2.75) is 77.9 Å². The molecule has 41 heavy (non-hydrogen) atoms. The van der Waals surface area contributed by atoms with Crippen LogP contribution in [-0.2, 0) is 12.0 Å². The highest BCUT2D eigenvalue weighted by Gasteiger charge is 2.41. The maximum Gasteiger partial charge on any atom is 0.263 e. The smallest absolute Gasteiger partial charge is 0.263 e. The molecule has 5 rings (SSSR count). The highest BCUT2D eigenvalue weighted by Crippen LogP contribution is 2.43. The standard InChI is InChI=1S/C33H43FN4O2S/c1-23(2)13-17-35-30(39)28-21-36-31(41-28)37-18-14-33(15-19-37)16-20-38(27-8-6-7-26(34)29(27)40-33)22-24-9-11-25(12-10-24)32(3,4)5/h6-12,21,23H,13-20,22H2,1-5H3,(H,35,39). The van der Waals surface area contributed by atoms with Gasteiger partial charge < -0.3 is 19.9 Å². The molecule has 0 radical (unpaired) electrons. The molecule has 1 N–H and O–H groups in total. The minimum atomic E-state index is -0.438. The van der Waals surface area contributed by atoms with Crippen molar-refractivity contribution in [1.82, 2.24) is 10.3 Å². The Morgan fingerprint density at radius 3 is 2.49 bits per heavy atom. The first-order valence-electron chi connectivity index (χ1n) is 14.8. The summed E-state index contributed by atoms with van der Waals surface area (Å²) < 4.78 is 21.8. The molecule has 2 aliphatic heterocycles. The summed E-state index contributed by atoms with van der Waals surface area (Å²) in [4.78, 5) is 22.2. The van der Waals surface area contributed by atoms with E-state index in [1.54, 1.807) is 12.3 Å². The Labute approximate surface area is 247 Å². The summed E-state index contributed by atoms with van der Waals surface area (Å²) in [6.07, 6.45) is 4.98. The van der Waals surface area contributed by atoms with Crippen LogP contribution in [-0.4, -0.2) is 42.7 Å². The van der Waals surface area contributed by atoms with Crippen LogP contribution in [0.5, 0.6) is 5.75 Å². The third kappa shape index (κ3) is 6.85. The van der Waals surface area contributed by atoms with Crippen molar-refractivity contribution in [3.63, 3.8) is 0 Å². The first kappa shape index (κ1) is 29.4. The highest BCUT2D eigenvalue weighted by atomic mass is 32.1. The molecule has 0 unspecified atom stereocenters. The fourth-order valence-corrected chi connectivity index (χ4v) is 6.49. The Balaban J connectivity index is 1.26. The number of hydrogen-bond acceptors (Lipinski definition) is 6. The molecule has 6 nitrogen and oxygen atoms in total. The number of nitrogens with zero attached hydrogens (tertiary/aromatic N) is 3. The number of carbonyl (C=O) groups excluding carboxylic acids is 1. The van der Waals surface area contributed by atoms with Crippen LogP contribution in [0.15, 0.2) is 48.7 Å². The minimum absolute atomic E-state index is 0.0600. The maximum atomic E-state index is 15.2. The molecule has 1 fully saturated rings. The molecule has 1 spiro atoms. The third-order valence-electron chi connectivity index (χ3n) is 8.31. The van der Waals surface area contributed by atoms with E-state index in [0.717, 1.165) is 56.1 Å². The number of anilines is 2. The number of piperidine rings is 1. The molecule has 2 aromatic carbocycles. The largest absolute Gasteiger partial charge is 0.482 e. The minimum Gasteiger partial charge on any atom is -0.482 e. The molecule has 0 saturated carbocycles. The topological polar surface area (TPSA) is 57.7 Å². The van der Waals surface area contributed by atoms with E-state index in [9.17, 15) is 4.79 Å². The quantitative estimate of drug-likeness (QED) is 0.322. The van der Waals surface area contributed by atoms with Gasteiger partial charge in [-0.15, -0.1) is 0 Å². The summed E-state index contributed by atoms with van der Waals surface area (Å²) in [6.45, 7) is 14.6. The van der Waals surface area contributed by atoms with E-state index < -0.39 is 5.60 Å². The number of hydrogen-bond donors (Lipinski definition) is 1. The second-order valence-corrected chi connectivity index (χ2v) is 13.9. The molecule has 3 aromatic rings. The van der Waals surface area contributed by atoms with E-state index in [-0.39, 0.29) is 17.1 Å². The Hall–Kier alpha value is -3.13. The van der Waals surface area contributed by atoms with Crippen LogP contribution in [0, 0.1) is 11.7 Å². The summed E-state index contributed by atoms with van der Waals surface area (Å²) in [5, 5.41) is 3.85. The van der Waals surface area contributed by atoms with Crippen molar-refractivity contribution >= 4 is 28.1 Å². The molecule has 2 aliphatic rings. The molecular formula is C33H43FN4O2S. The lowest BCUT2D eigenvalue weighted by atomic mass is 9.86. The van der Waals surface area contributed by atoms with Crippen LogP contribution >= 0.6 is 11.3 Å². The van der Waals surface area contributed by atoms with Gasteiger partial charge in [-0.1, -0.05) is 76.3 Å². The van der Waals surface area contributed by atoms with Crippen molar-refractivity contribution in [3.8, 4) is 5.75 Å². The normalized spacial score (nSPS) is 16.9. The van der Waals surface area contributed by atoms with Crippen LogP contribution in [0.4, 0.5) is 15.2 Å². The summed E-state index contributed by atoms with van der Waals surface area (Å²) in [7, 11) is 0. The van der Waals surface area contributed by atoms with Gasteiger partial charge in [0.25, 0.3) is 5.91 Å². The number of ether oxygens (including phenoxy) is 1. The van der Waals surface area contributed by atoms with E-state index in [4.69, 9.17) is 4.74 Å². The van der Waals surface area contributed by atoms with Gasteiger partial charge in [0.2, 0.25) is 0 Å². The number of fused-ring (bicyclic) bond motifs is 1. The maximum absolute atomic E-state index is 15.2. The summed E-state index contributed by atoms with van der Waals surface area (Å²) in [6, 6.07) is 14.0. The van der Waals surface area contributed by atoms with Crippen molar-refractivity contribution in [3.05, 3.63) is 70.5 Å². The van der Waals surface area contributed by atoms with Gasteiger partial charge in [-0.25, -0.2) is 9.37 Å². The van der Waals surface area contributed by atoms with E-state index in [1.165, 1.54) is 28.5 Å². The van der Waals surface area contributed by atoms with Gasteiger partial charge in [0.1, 0.15) is 10.5 Å². The van der Waals surface area contributed by atoms with Crippen LogP contribution in [0.1, 0.15) is 81.1 Å². The average Bonchev–Trinajstić information content (AvgIpc) is 3.37. The number of benzene rings is 2. The number of thiazole rings is 1. The molecule has 1 aromatic heterocycles. The van der Waals surface area contributed by atoms with Gasteiger partial charge in [-0.2, -0.15) is 0 Å². The number of nitrogens with one attached hydrogen (secondary N) is 1. The molecule has 220 valence electrons. The molecule has 3 heterocycles. The van der Waals surface area contributed by atoms with Crippen molar-refractivity contribution < 1.29 is 13.9 Å². The molecule has 0 atom stereocenters. The number of para-hydroxylation sites is 1. The monoisotopic (exact) mass is 578 g/mol. The summed E-state index contributed by atoms with van der Waals surface area (Å²) >= 11 is 1.43. The number of halogens is 1. The third-order valence-corrected chi connectivity index (χ3v) is 9.36. The molecule has 0 aliphatic carbocycles. The predicted octanol–water partition coefficient (Wildman–Crippen LogP) is 7.18. The lowest BCUT2D eigenvalue weighted by Crippen LogP contribution is -2.48. The van der Waals surface area contributed by atoms with Crippen LogP contribution in [0.3, 0.4) is 0 Å². The Bertz CT molecular complexity index is 1340. The summed E-state index contributed by atoms with van der Waals surface area (Å²) in [5.41, 5.74) is 2.99. The van der Waals surface area contributed by atoms with E-state index >= 15 is 4.39 Å². The number of amides is 1. The van der Waals surface area contributed by atoms with Crippen molar-refractivity contribution in [2.24, 2.45) is 5.92 Å². The van der Waals surface area contributed by atoms with E-state index in [2.05, 4.69) is 79.0 Å². The van der Waals surface area contributed by atoms with Gasteiger partial charge in [-0.3, -0.25) is 4.79 Å². The van der Waals surface area contributed by atoms with Gasteiger partial charge in [0.05, 0.1) is 11.9 Å². The zero-order valence-electron chi connectivity index (χ0n) is 25.0. The van der Waals surface area contributed by atoms with Gasteiger partial charge in [0, 0.05) is 52.0 Å². The number of carbonyl (C=O) groups is 1. The zero-order valence-corrected chi connectivity index (χ0v) is 25.8. The first-order chi connectivity index (χ1) is 19.5. The summed E-state index contributed by atoms with van der Waals surface area (Å²) in [5.74, 6) is 0.536. The Morgan fingerprint density at radius 1 is 1.10 bits per heavy atom. The zero-order chi connectivity index (χ0) is 29.2.